The van der Waals surface area contributed by atoms with Gasteiger partial charge in [0.05, 0.1) is 9.95 Å². The van der Waals surface area contributed by atoms with Crippen LogP contribution in [0.4, 0.5) is 11.6 Å². The van der Waals surface area contributed by atoms with E-state index in [1.807, 2.05) is 0 Å². The zero-order valence-electron chi connectivity index (χ0n) is 10.0. The number of sulfonamides is 1. The Hall–Kier alpha value is -1.97. The molecule has 0 saturated heterocycles. The van der Waals surface area contributed by atoms with E-state index in [0.29, 0.717) is 0 Å². The highest BCUT2D eigenvalue weighted by Gasteiger charge is 2.21. The maximum absolute atomic E-state index is 12.1. The van der Waals surface area contributed by atoms with Crippen molar-refractivity contribution in [2.24, 2.45) is 0 Å². The molecule has 0 saturated carbocycles. The van der Waals surface area contributed by atoms with Crippen LogP contribution in [0.15, 0.2) is 35.4 Å². The van der Waals surface area contributed by atoms with Crippen LogP contribution in [0.3, 0.4) is 0 Å². The number of aromatic nitrogens is 2. The molecule has 0 radical (unpaired) electrons. The van der Waals surface area contributed by atoms with Crippen molar-refractivity contribution in [1.82, 2.24) is 9.97 Å². The lowest BCUT2D eigenvalue weighted by molar-refractivity contribution is -0.384. The first-order chi connectivity index (χ1) is 9.79. The number of rotatable bonds is 4. The Morgan fingerprint density at radius 1 is 1.24 bits per heavy atom. The lowest BCUT2D eigenvalue weighted by Crippen LogP contribution is -2.15. The van der Waals surface area contributed by atoms with Gasteiger partial charge >= 0.3 is 0 Å². The third kappa shape index (κ3) is 3.57. The SMILES string of the molecule is O=[N+]([O-])c1ccc(S(=O)(=O)Nc2nccc(Cl)n2)c(Cl)c1. The summed E-state index contributed by atoms with van der Waals surface area (Å²) in [6, 6.07) is 4.36. The van der Waals surface area contributed by atoms with Crippen LogP contribution in [0.1, 0.15) is 0 Å². The van der Waals surface area contributed by atoms with E-state index < -0.39 is 14.9 Å². The molecule has 0 atom stereocenters. The number of hydrogen-bond acceptors (Lipinski definition) is 6. The second kappa shape index (κ2) is 5.80. The van der Waals surface area contributed by atoms with Crippen molar-refractivity contribution in [3.05, 3.63) is 50.8 Å². The summed E-state index contributed by atoms with van der Waals surface area (Å²) in [6.07, 6.45) is 1.27. The first-order valence-electron chi connectivity index (χ1n) is 5.25. The first-order valence-corrected chi connectivity index (χ1v) is 7.49. The molecule has 0 bridgehead atoms. The number of anilines is 1. The van der Waals surface area contributed by atoms with Crippen molar-refractivity contribution in [1.29, 1.82) is 0 Å². The van der Waals surface area contributed by atoms with Crippen LogP contribution in [0.25, 0.3) is 0 Å². The minimum Gasteiger partial charge on any atom is -0.258 e. The van der Waals surface area contributed by atoms with Gasteiger partial charge in [0.25, 0.3) is 15.7 Å². The van der Waals surface area contributed by atoms with Crippen molar-refractivity contribution in [2.45, 2.75) is 4.90 Å². The maximum atomic E-state index is 12.1. The van der Waals surface area contributed by atoms with E-state index in [1.165, 1.54) is 12.3 Å². The normalized spacial score (nSPS) is 11.1. The Bertz CT molecular complexity index is 812. The van der Waals surface area contributed by atoms with Gasteiger partial charge in [0.2, 0.25) is 5.95 Å². The summed E-state index contributed by atoms with van der Waals surface area (Å²) >= 11 is 11.4. The van der Waals surface area contributed by atoms with Gasteiger partial charge in [-0.1, -0.05) is 23.2 Å². The monoisotopic (exact) mass is 348 g/mol. The molecule has 0 spiro atoms. The fourth-order valence-electron chi connectivity index (χ4n) is 1.38. The van der Waals surface area contributed by atoms with Crippen molar-refractivity contribution < 1.29 is 13.3 Å². The van der Waals surface area contributed by atoms with Crippen molar-refractivity contribution in [3.63, 3.8) is 0 Å². The van der Waals surface area contributed by atoms with Gasteiger partial charge in [0.1, 0.15) is 10.0 Å². The lowest BCUT2D eigenvalue weighted by atomic mass is 10.3. The van der Waals surface area contributed by atoms with Crippen LogP contribution in [0, 0.1) is 10.1 Å². The van der Waals surface area contributed by atoms with Crippen molar-refractivity contribution in [3.8, 4) is 0 Å². The lowest BCUT2D eigenvalue weighted by Gasteiger charge is -2.07. The highest BCUT2D eigenvalue weighted by atomic mass is 35.5. The molecule has 1 heterocycles. The van der Waals surface area contributed by atoms with Gasteiger partial charge in [0.15, 0.2) is 0 Å². The van der Waals surface area contributed by atoms with E-state index in [4.69, 9.17) is 23.2 Å². The van der Waals surface area contributed by atoms with E-state index in [9.17, 15) is 18.5 Å². The van der Waals surface area contributed by atoms with Gasteiger partial charge < -0.3 is 0 Å². The molecule has 0 fully saturated rings. The van der Waals surface area contributed by atoms with Crippen LogP contribution in [-0.2, 0) is 10.0 Å². The van der Waals surface area contributed by atoms with E-state index >= 15 is 0 Å². The molecule has 110 valence electrons. The Kier molecular flexibility index (Phi) is 4.26. The number of nitrogens with zero attached hydrogens (tertiary/aromatic N) is 3. The second-order valence-corrected chi connectivity index (χ2v) is 6.13. The fourth-order valence-corrected chi connectivity index (χ4v) is 3.01. The summed E-state index contributed by atoms with van der Waals surface area (Å²) < 4.78 is 26.3. The highest BCUT2D eigenvalue weighted by Crippen LogP contribution is 2.27. The number of non-ortho nitro benzene ring substituents is 1. The molecule has 0 aliphatic carbocycles. The topological polar surface area (TPSA) is 115 Å². The van der Waals surface area contributed by atoms with Gasteiger partial charge in [-0.3, -0.25) is 10.1 Å². The number of nitro benzene ring substituents is 1. The summed E-state index contributed by atoms with van der Waals surface area (Å²) in [4.78, 5) is 16.9. The van der Waals surface area contributed by atoms with Crippen LogP contribution in [-0.4, -0.2) is 23.3 Å². The van der Waals surface area contributed by atoms with Crippen molar-refractivity contribution in [2.75, 3.05) is 4.72 Å². The molecule has 21 heavy (non-hydrogen) atoms. The molecule has 1 N–H and O–H groups in total. The minimum atomic E-state index is -4.09. The zero-order chi connectivity index (χ0) is 15.6. The Morgan fingerprint density at radius 2 is 1.95 bits per heavy atom. The summed E-state index contributed by atoms with van der Waals surface area (Å²) in [5.41, 5.74) is -0.321. The molecule has 1 aromatic carbocycles. The summed E-state index contributed by atoms with van der Waals surface area (Å²) in [5, 5.41) is 10.4. The minimum absolute atomic E-state index is 0.0532. The first kappa shape index (κ1) is 15.4. The number of nitrogens with one attached hydrogen (secondary N) is 1. The van der Waals surface area contributed by atoms with Crippen LogP contribution in [0.5, 0.6) is 0 Å². The quantitative estimate of drug-likeness (QED) is 0.515. The van der Waals surface area contributed by atoms with Crippen LogP contribution < -0.4 is 4.72 Å². The third-order valence-electron chi connectivity index (χ3n) is 2.26. The van der Waals surface area contributed by atoms with Gasteiger partial charge in [-0.15, -0.1) is 0 Å². The maximum Gasteiger partial charge on any atom is 0.271 e. The highest BCUT2D eigenvalue weighted by molar-refractivity contribution is 7.92. The number of halogens is 2. The molecule has 0 aliphatic rings. The summed E-state index contributed by atoms with van der Waals surface area (Å²) in [7, 11) is -4.09. The summed E-state index contributed by atoms with van der Waals surface area (Å²) in [5.74, 6) is -0.239. The van der Waals surface area contributed by atoms with Crippen LogP contribution in [0.2, 0.25) is 10.2 Å². The van der Waals surface area contributed by atoms with E-state index in [-0.39, 0.29) is 26.7 Å². The molecule has 1 aromatic heterocycles. The molecule has 8 nitrogen and oxygen atoms in total. The van der Waals surface area contributed by atoms with Gasteiger partial charge in [-0.05, 0) is 12.1 Å². The second-order valence-electron chi connectivity index (χ2n) is 3.68. The number of nitro groups is 1. The van der Waals surface area contributed by atoms with E-state index in [0.717, 1.165) is 18.2 Å². The van der Waals surface area contributed by atoms with Crippen LogP contribution >= 0.6 is 23.2 Å². The molecule has 0 aliphatic heterocycles. The molecule has 2 rings (SSSR count). The van der Waals surface area contributed by atoms with Gasteiger partial charge in [-0.25, -0.2) is 23.1 Å². The van der Waals surface area contributed by atoms with Gasteiger partial charge in [-0.2, -0.15) is 0 Å². The molecule has 0 unspecified atom stereocenters. The molecule has 2 aromatic rings. The molecule has 0 amide bonds. The number of hydrogen-bond donors (Lipinski definition) is 1. The molecular formula is C10H6Cl2N4O4S. The number of benzene rings is 1. The third-order valence-corrected chi connectivity index (χ3v) is 4.28. The molecular weight excluding hydrogens is 343 g/mol. The van der Waals surface area contributed by atoms with Crippen molar-refractivity contribution >= 4 is 44.9 Å². The molecule has 11 heteroatoms. The van der Waals surface area contributed by atoms with Gasteiger partial charge in [0, 0.05) is 18.3 Å². The smallest absolute Gasteiger partial charge is 0.258 e. The Morgan fingerprint density at radius 3 is 2.52 bits per heavy atom. The largest absolute Gasteiger partial charge is 0.271 e. The predicted octanol–water partition coefficient (Wildman–Crippen LogP) is 2.49. The average molecular weight is 349 g/mol. The van der Waals surface area contributed by atoms with E-state index in [1.54, 1.807) is 0 Å². The average Bonchev–Trinajstić information content (AvgIpc) is 2.37. The van der Waals surface area contributed by atoms with E-state index in [2.05, 4.69) is 14.7 Å². The summed E-state index contributed by atoms with van der Waals surface area (Å²) in [6.45, 7) is 0. The fraction of sp³-hybridized carbons (Fsp3) is 0. The predicted molar refractivity (Wildman–Crippen MR) is 76.0 cm³/mol. The Labute approximate surface area is 128 Å². The zero-order valence-corrected chi connectivity index (χ0v) is 12.4. The standard InChI is InChI=1S/C10H6Cl2N4O4S/c11-7-5-6(16(17)18)1-2-8(7)21(19,20)15-10-13-4-3-9(12)14-10/h1-5H,(H,13,14,15). The Balaban J connectivity index is 2.38.